The highest BCUT2D eigenvalue weighted by Crippen LogP contribution is 2.30. The van der Waals surface area contributed by atoms with Crippen molar-refractivity contribution in [3.63, 3.8) is 0 Å². The fraction of sp³-hybridized carbons (Fsp3) is 0.304. The zero-order valence-electron chi connectivity index (χ0n) is 18.0. The summed E-state index contributed by atoms with van der Waals surface area (Å²) in [6.45, 7) is 1.49. The number of rotatable bonds is 8. The van der Waals surface area contributed by atoms with Gasteiger partial charge in [-0.25, -0.2) is 0 Å². The Morgan fingerprint density at radius 3 is 2.55 bits per heavy atom. The van der Waals surface area contributed by atoms with Crippen LogP contribution in [0.25, 0.3) is 22.8 Å². The average molecular weight is 484 g/mol. The molecule has 2 aromatic heterocycles. The van der Waals surface area contributed by atoms with E-state index in [9.17, 15) is 0 Å². The Kier molecular flexibility index (Phi) is 6.61. The SMILES string of the molecule is COc1ccc(-c2nnc(SCc3nnc(-c4ccc(Cl)cc4)o3)n2CC2CCCO2)cc1. The summed E-state index contributed by atoms with van der Waals surface area (Å²) in [7, 11) is 1.65. The fourth-order valence-electron chi connectivity index (χ4n) is 3.65. The zero-order chi connectivity index (χ0) is 22.6. The van der Waals surface area contributed by atoms with E-state index < -0.39 is 0 Å². The van der Waals surface area contributed by atoms with Crippen molar-refractivity contribution in [3.05, 3.63) is 59.4 Å². The molecule has 1 aliphatic heterocycles. The van der Waals surface area contributed by atoms with E-state index >= 15 is 0 Å². The van der Waals surface area contributed by atoms with Crippen LogP contribution in [0.4, 0.5) is 0 Å². The summed E-state index contributed by atoms with van der Waals surface area (Å²) in [6, 6.07) is 15.1. The van der Waals surface area contributed by atoms with E-state index in [1.165, 1.54) is 11.8 Å². The minimum absolute atomic E-state index is 0.150. The van der Waals surface area contributed by atoms with Gasteiger partial charge in [0.25, 0.3) is 0 Å². The predicted molar refractivity (Wildman–Crippen MR) is 125 cm³/mol. The minimum atomic E-state index is 0.150. The number of halogens is 1. The Morgan fingerprint density at radius 1 is 1.03 bits per heavy atom. The first-order valence-corrected chi connectivity index (χ1v) is 12.0. The van der Waals surface area contributed by atoms with E-state index in [1.54, 1.807) is 19.2 Å². The number of hydrogen-bond acceptors (Lipinski definition) is 8. The van der Waals surface area contributed by atoms with Gasteiger partial charge in [0, 0.05) is 22.8 Å². The van der Waals surface area contributed by atoms with Crippen LogP contribution in [0.1, 0.15) is 18.7 Å². The first-order chi connectivity index (χ1) is 16.2. The van der Waals surface area contributed by atoms with Crippen LogP contribution in [0.3, 0.4) is 0 Å². The van der Waals surface area contributed by atoms with Crippen LogP contribution in [0.15, 0.2) is 58.1 Å². The van der Waals surface area contributed by atoms with Crippen LogP contribution in [-0.4, -0.2) is 44.8 Å². The third kappa shape index (κ3) is 5.05. The molecule has 0 N–H and O–H groups in total. The van der Waals surface area contributed by atoms with Crippen molar-refractivity contribution < 1.29 is 13.9 Å². The molecule has 33 heavy (non-hydrogen) atoms. The van der Waals surface area contributed by atoms with Gasteiger partial charge in [0.15, 0.2) is 11.0 Å². The number of aromatic nitrogens is 5. The molecule has 0 spiro atoms. The second-order valence-corrected chi connectivity index (χ2v) is 8.96. The van der Waals surface area contributed by atoms with Crippen LogP contribution in [0.5, 0.6) is 5.75 Å². The van der Waals surface area contributed by atoms with E-state index in [1.807, 2.05) is 36.4 Å². The molecule has 10 heteroatoms. The summed E-state index contributed by atoms with van der Waals surface area (Å²) in [5, 5.41) is 18.7. The Morgan fingerprint density at radius 2 is 1.82 bits per heavy atom. The molecule has 3 heterocycles. The molecular weight excluding hydrogens is 462 g/mol. The van der Waals surface area contributed by atoms with Gasteiger partial charge in [0.2, 0.25) is 11.8 Å². The second kappa shape index (κ2) is 9.94. The zero-order valence-corrected chi connectivity index (χ0v) is 19.6. The Hall–Kier alpha value is -2.88. The van der Waals surface area contributed by atoms with Gasteiger partial charge in [-0.05, 0) is 61.4 Å². The first kappa shape index (κ1) is 21.9. The summed E-state index contributed by atoms with van der Waals surface area (Å²) >= 11 is 7.47. The third-order valence-corrected chi connectivity index (χ3v) is 6.56. The van der Waals surface area contributed by atoms with Gasteiger partial charge in [0.1, 0.15) is 5.75 Å². The number of thioether (sulfide) groups is 1. The van der Waals surface area contributed by atoms with Gasteiger partial charge in [0.05, 0.1) is 25.5 Å². The van der Waals surface area contributed by atoms with Crippen LogP contribution in [-0.2, 0) is 17.0 Å². The highest BCUT2D eigenvalue weighted by Gasteiger charge is 2.22. The van der Waals surface area contributed by atoms with E-state index in [0.29, 0.717) is 29.1 Å². The molecule has 1 atom stereocenters. The maximum atomic E-state index is 5.96. The summed E-state index contributed by atoms with van der Waals surface area (Å²) in [5.74, 6) is 3.05. The number of ether oxygens (including phenoxy) is 2. The lowest BCUT2D eigenvalue weighted by molar-refractivity contribution is 0.0953. The number of benzene rings is 2. The van der Waals surface area contributed by atoms with Gasteiger partial charge < -0.3 is 13.9 Å². The maximum Gasteiger partial charge on any atom is 0.247 e. The summed E-state index contributed by atoms with van der Waals surface area (Å²) in [6.07, 6.45) is 2.25. The molecule has 0 amide bonds. The molecule has 1 saturated heterocycles. The summed E-state index contributed by atoms with van der Waals surface area (Å²) in [4.78, 5) is 0. The lowest BCUT2D eigenvalue weighted by atomic mass is 10.2. The normalized spacial score (nSPS) is 15.8. The molecule has 4 aromatic rings. The standard InChI is InChI=1S/C23H22ClN5O3S/c1-30-18-10-6-15(7-11-18)21-26-28-23(29(21)13-19-3-2-12-31-19)33-14-20-25-27-22(32-20)16-4-8-17(24)9-5-16/h4-11,19H,2-3,12-14H2,1H3. The van der Waals surface area contributed by atoms with Crippen molar-refractivity contribution in [2.24, 2.45) is 0 Å². The van der Waals surface area contributed by atoms with Crippen molar-refractivity contribution in [2.75, 3.05) is 13.7 Å². The smallest absolute Gasteiger partial charge is 0.247 e. The fourth-order valence-corrected chi connectivity index (χ4v) is 4.56. The monoisotopic (exact) mass is 483 g/mol. The van der Waals surface area contributed by atoms with Crippen molar-refractivity contribution in [1.82, 2.24) is 25.0 Å². The predicted octanol–water partition coefficient (Wildman–Crippen LogP) is 5.13. The number of methoxy groups -OCH3 is 1. The highest BCUT2D eigenvalue weighted by molar-refractivity contribution is 7.98. The molecule has 1 unspecified atom stereocenters. The van der Waals surface area contributed by atoms with E-state index in [2.05, 4.69) is 25.0 Å². The Labute approximate surface area is 200 Å². The molecule has 0 radical (unpaired) electrons. The van der Waals surface area contributed by atoms with Crippen molar-refractivity contribution in [2.45, 2.75) is 36.4 Å². The van der Waals surface area contributed by atoms with Crippen LogP contribution < -0.4 is 4.74 Å². The lowest BCUT2D eigenvalue weighted by Gasteiger charge is -2.14. The highest BCUT2D eigenvalue weighted by atomic mass is 35.5. The quantitative estimate of drug-likeness (QED) is 0.319. The van der Waals surface area contributed by atoms with Gasteiger partial charge in [-0.1, -0.05) is 23.4 Å². The van der Waals surface area contributed by atoms with Gasteiger partial charge >= 0.3 is 0 Å². The van der Waals surface area contributed by atoms with Crippen molar-refractivity contribution >= 4 is 23.4 Å². The topological polar surface area (TPSA) is 88.1 Å². The molecule has 0 saturated carbocycles. The van der Waals surface area contributed by atoms with Crippen LogP contribution in [0, 0.1) is 0 Å². The van der Waals surface area contributed by atoms with E-state index in [0.717, 1.165) is 47.3 Å². The summed E-state index contributed by atoms with van der Waals surface area (Å²) in [5.41, 5.74) is 1.79. The molecular formula is C23H22ClN5O3S. The minimum Gasteiger partial charge on any atom is -0.497 e. The molecule has 1 aliphatic rings. The Balaban J connectivity index is 1.36. The summed E-state index contributed by atoms with van der Waals surface area (Å²) < 4.78 is 19.1. The van der Waals surface area contributed by atoms with Gasteiger partial charge in [-0.2, -0.15) is 0 Å². The molecule has 170 valence electrons. The average Bonchev–Trinajstić information content (AvgIpc) is 3.61. The third-order valence-electron chi connectivity index (χ3n) is 5.36. The lowest BCUT2D eigenvalue weighted by Crippen LogP contribution is -2.16. The molecule has 1 fully saturated rings. The first-order valence-electron chi connectivity index (χ1n) is 10.6. The molecule has 0 bridgehead atoms. The maximum absolute atomic E-state index is 5.96. The van der Waals surface area contributed by atoms with Crippen molar-refractivity contribution in [1.29, 1.82) is 0 Å². The van der Waals surface area contributed by atoms with Gasteiger partial charge in [-0.3, -0.25) is 4.57 Å². The van der Waals surface area contributed by atoms with E-state index in [-0.39, 0.29) is 6.10 Å². The number of hydrogen-bond donors (Lipinski definition) is 0. The molecule has 2 aromatic carbocycles. The molecule has 0 aliphatic carbocycles. The molecule has 5 rings (SSSR count). The molecule has 8 nitrogen and oxygen atoms in total. The van der Waals surface area contributed by atoms with Crippen LogP contribution >= 0.6 is 23.4 Å². The second-order valence-electron chi connectivity index (χ2n) is 7.58. The van der Waals surface area contributed by atoms with Crippen LogP contribution in [0.2, 0.25) is 5.02 Å². The largest absolute Gasteiger partial charge is 0.497 e. The van der Waals surface area contributed by atoms with Crippen molar-refractivity contribution in [3.8, 4) is 28.6 Å². The van der Waals surface area contributed by atoms with Gasteiger partial charge in [-0.15, -0.1) is 20.4 Å². The van der Waals surface area contributed by atoms with E-state index in [4.69, 9.17) is 25.5 Å². The Bertz CT molecular complexity index is 1200. The number of nitrogens with zero attached hydrogens (tertiary/aromatic N) is 5.